The summed E-state index contributed by atoms with van der Waals surface area (Å²) in [5, 5.41) is 9.93. The van der Waals surface area contributed by atoms with E-state index in [9.17, 15) is 4.79 Å². The van der Waals surface area contributed by atoms with E-state index in [2.05, 4.69) is 6.58 Å². The van der Waals surface area contributed by atoms with Gasteiger partial charge in [0.1, 0.15) is 6.04 Å². The molecule has 20 heavy (non-hydrogen) atoms. The van der Waals surface area contributed by atoms with Crippen molar-refractivity contribution in [2.24, 2.45) is 12.8 Å². The summed E-state index contributed by atoms with van der Waals surface area (Å²) in [7, 11) is 1.94. The Morgan fingerprint density at radius 3 is 2.70 bits per heavy atom. The van der Waals surface area contributed by atoms with Crippen LogP contribution in [0.4, 0.5) is 0 Å². The highest BCUT2D eigenvalue weighted by atomic mass is 16.4. The zero-order valence-corrected chi connectivity index (χ0v) is 12.3. The molecule has 2 aromatic rings. The fourth-order valence-corrected chi connectivity index (χ4v) is 2.22. The van der Waals surface area contributed by atoms with Gasteiger partial charge in [0.2, 0.25) is 0 Å². The highest BCUT2D eigenvalue weighted by molar-refractivity contribution is 5.92. The number of aromatic nitrogens is 1. The predicted octanol–water partition coefficient (Wildman–Crippen LogP) is 2.80. The van der Waals surface area contributed by atoms with E-state index >= 15 is 0 Å². The first-order chi connectivity index (χ1) is 9.54. The summed E-state index contributed by atoms with van der Waals surface area (Å²) >= 11 is 0. The fraction of sp³-hybridized carbons (Fsp3) is 0.312. The quantitative estimate of drug-likeness (QED) is 0.900. The van der Waals surface area contributed by atoms with Crippen molar-refractivity contribution in [1.82, 2.24) is 4.57 Å². The first kappa shape index (κ1) is 16.0. The topological polar surface area (TPSA) is 68.2 Å². The van der Waals surface area contributed by atoms with Crippen LogP contribution in [-0.2, 0) is 18.3 Å². The Balaban J connectivity index is 0.000000956. The summed E-state index contributed by atoms with van der Waals surface area (Å²) < 4.78 is 1.98. The Hall–Kier alpha value is -2.07. The lowest BCUT2D eigenvalue weighted by Crippen LogP contribution is -2.32. The van der Waals surface area contributed by atoms with E-state index < -0.39 is 12.0 Å². The highest BCUT2D eigenvalue weighted by Gasteiger charge is 2.16. The third kappa shape index (κ3) is 3.08. The number of benzene rings is 1. The van der Waals surface area contributed by atoms with Gasteiger partial charge < -0.3 is 15.4 Å². The van der Waals surface area contributed by atoms with Crippen molar-refractivity contribution in [3.8, 4) is 0 Å². The zero-order chi connectivity index (χ0) is 15.3. The Bertz CT molecular complexity index is 614. The molecule has 0 saturated heterocycles. The van der Waals surface area contributed by atoms with Gasteiger partial charge in [0, 0.05) is 30.6 Å². The van der Waals surface area contributed by atoms with Gasteiger partial charge in [-0.15, -0.1) is 0 Å². The summed E-state index contributed by atoms with van der Waals surface area (Å²) in [5.41, 5.74) is 8.60. The Morgan fingerprint density at radius 1 is 1.50 bits per heavy atom. The Morgan fingerprint density at radius 2 is 2.15 bits per heavy atom. The van der Waals surface area contributed by atoms with Crippen LogP contribution in [0.5, 0.6) is 0 Å². The Kier molecular flexibility index (Phi) is 5.53. The molecule has 0 aliphatic heterocycles. The lowest BCUT2D eigenvalue weighted by atomic mass is 10.0. The monoisotopic (exact) mass is 274 g/mol. The van der Waals surface area contributed by atoms with Gasteiger partial charge >= 0.3 is 5.97 Å². The second-order valence-electron chi connectivity index (χ2n) is 4.36. The summed E-state index contributed by atoms with van der Waals surface area (Å²) in [5.74, 6) is -0.983. The minimum atomic E-state index is -0.983. The summed E-state index contributed by atoms with van der Waals surface area (Å²) in [6.45, 7) is 7.79. The first-order valence-electron chi connectivity index (χ1n) is 6.72. The number of carboxylic acid groups (broad SMARTS) is 1. The number of aryl methyl sites for hydroxylation is 1. The molecule has 0 aliphatic rings. The third-order valence-corrected chi connectivity index (χ3v) is 3.10. The molecule has 1 aromatic carbocycles. The minimum absolute atomic E-state index is 0.317. The van der Waals surface area contributed by atoms with Crippen LogP contribution >= 0.6 is 0 Å². The average molecular weight is 274 g/mol. The molecule has 0 aliphatic carbocycles. The number of hydrogen-bond donors (Lipinski definition) is 2. The van der Waals surface area contributed by atoms with Crippen molar-refractivity contribution in [1.29, 1.82) is 0 Å². The molecule has 0 spiro atoms. The van der Waals surface area contributed by atoms with Crippen molar-refractivity contribution in [2.45, 2.75) is 26.3 Å². The number of carboxylic acids is 1. The molecule has 1 heterocycles. The molecular formula is C16H22N2O2. The van der Waals surface area contributed by atoms with Gasteiger partial charge in [-0.2, -0.15) is 0 Å². The van der Waals surface area contributed by atoms with Crippen LogP contribution in [0, 0.1) is 0 Å². The normalized spacial score (nSPS) is 11.6. The van der Waals surface area contributed by atoms with E-state index in [0.717, 1.165) is 22.0 Å². The number of aliphatic carboxylic acids is 1. The molecule has 0 radical (unpaired) electrons. The molecule has 1 atom stereocenters. The van der Waals surface area contributed by atoms with Crippen LogP contribution < -0.4 is 5.73 Å². The van der Waals surface area contributed by atoms with Crippen LogP contribution in [0.15, 0.2) is 31.0 Å². The van der Waals surface area contributed by atoms with Crippen LogP contribution in [0.25, 0.3) is 17.0 Å². The molecule has 3 N–H and O–H groups in total. The van der Waals surface area contributed by atoms with Gasteiger partial charge in [-0.25, -0.2) is 0 Å². The molecule has 0 amide bonds. The molecule has 0 fully saturated rings. The number of fused-ring (bicyclic) bond motifs is 1. The van der Waals surface area contributed by atoms with E-state index in [1.165, 1.54) is 0 Å². The molecule has 1 aromatic heterocycles. The fourth-order valence-electron chi connectivity index (χ4n) is 2.22. The van der Waals surface area contributed by atoms with E-state index in [1.807, 2.05) is 49.9 Å². The largest absolute Gasteiger partial charge is 0.480 e. The van der Waals surface area contributed by atoms with E-state index in [-0.39, 0.29) is 0 Å². The van der Waals surface area contributed by atoms with Crippen molar-refractivity contribution in [2.75, 3.05) is 0 Å². The molecule has 4 heteroatoms. The second kappa shape index (κ2) is 6.91. The minimum Gasteiger partial charge on any atom is -0.480 e. The van der Waals surface area contributed by atoms with E-state index in [0.29, 0.717) is 6.42 Å². The standard InChI is InChI=1S/C14H16N2O2.C2H6/c1-3-9-5-4-6-12-13(9)10(8-16(12)2)7-11(15)14(17)18;1-2/h3-6,8,11H,1,7,15H2,2H3,(H,17,18);1-2H3. The maximum absolute atomic E-state index is 10.8. The zero-order valence-electron chi connectivity index (χ0n) is 12.3. The number of nitrogens with two attached hydrogens (primary N) is 1. The number of hydrogen-bond acceptors (Lipinski definition) is 2. The third-order valence-electron chi connectivity index (χ3n) is 3.10. The molecule has 2 rings (SSSR count). The molecule has 108 valence electrons. The smallest absolute Gasteiger partial charge is 0.320 e. The van der Waals surface area contributed by atoms with Gasteiger partial charge in [0.05, 0.1) is 0 Å². The molecule has 0 saturated carbocycles. The van der Waals surface area contributed by atoms with E-state index in [4.69, 9.17) is 10.8 Å². The molecule has 0 bridgehead atoms. The van der Waals surface area contributed by atoms with Crippen LogP contribution in [0.1, 0.15) is 25.0 Å². The van der Waals surface area contributed by atoms with Gasteiger partial charge in [-0.3, -0.25) is 4.79 Å². The summed E-state index contributed by atoms with van der Waals surface area (Å²) in [6, 6.07) is 5.04. The van der Waals surface area contributed by atoms with Gasteiger partial charge in [0.15, 0.2) is 0 Å². The van der Waals surface area contributed by atoms with Crippen molar-refractivity contribution >= 4 is 22.9 Å². The number of rotatable bonds is 4. The average Bonchev–Trinajstić information content (AvgIpc) is 2.77. The first-order valence-corrected chi connectivity index (χ1v) is 6.72. The lowest BCUT2D eigenvalue weighted by molar-refractivity contribution is -0.138. The summed E-state index contributed by atoms with van der Waals surface area (Å²) in [4.78, 5) is 10.8. The van der Waals surface area contributed by atoms with Gasteiger partial charge in [-0.05, 0) is 17.2 Å². The molecular weight excluding hydrogens is 252 g/mol. The lowest BCUT2D eigenvalue weighted by Gasteiger charge is -2.06. The number of nitrogens with zero attached hydrogens (tertiary/aromatic N) is 1. The molecule has 4 nitrogen and oxygen atoms in total. The molecule has 1 unspecified atom stereocenters. The van der Waals surface area contributed by atoms with Crippen LogP contribution in [0.3, 0.4) is 0 Å². The second-order valence-corrected chi connectivity index (χ2v) is 4.36. The van der Waals surface area contributed by atoms with Crippen molar-refractivity contribution in [3.05, 3.63) is 42.1 Å². The predicted molar refractivity (Wildman–Crippen MR) is 83.7 cm³/mol. The maximum Gasteiger partial charge on any atom is 0.320 e. The number of carbonyl (C=O) groups is 1. The summed E-state index contributed by atoms with van der Waals surface area (Å²) in [6.07, 6.45) is 4.02. The van der Waals surface area contributed by atoms with Crippen LogP contribution in [0.2, 0.25) is 0 Å². The van der Waals surface area contributed by atoms with Crippen molar-refractivity contribution in [3.63, 3.8) is 0 Å². The maximum atomic E-state index is 10.8. The van der Waals surface area contributed by atoms with Crippen molar-refractivity contribution < 1.29 is 9.90 Å². The van der Waals surface area contributed by atoms with Gasteiger partial charge in [-0.1, -0.05) is 38.6 Å². The highest BCUT2D eigenvalue weighted by Crippen LogP contribution is 2.26. The van der Waals surface area contributed by atoms with E-state index in [1.54, 1.807) is 6.08 Å². The van der Waals surface area contributed by atoms with Gasteiger partial charge in [0.25, 0.3) is 0 Å². The van der Waals surface area contributed by atoms with Crippen LogP contribution in [-0.4, -0.2) is 21.7 Å². The SMILES string of the molecule is C=Cc1cccc2c1c(CC(N)C(=O)O)cn2C.CC. The Labute approximate surface area is 119 Å².